The summed E-state index contributed by atoms with van der Waals surface area (Å²) < 4.78 is 0.841. The lowest BCUT2D eigenvalue weighted by Crippen LogP contribution is -2.18. The van der Waals surface area contributed by atoms with Crippen molar-refractivity contribution in [2.24, 2.45) is 5.73 Å². The number of aromatic nitrogens is 1. The number of carbonyl (C=O) groups excluding carboxylic acids is 2. The van der Waals surface area contributed by atoms with Crippen molar-refractivity contribution in [1.82, 2.24) is 4.57 Å². The molecule has 0 aliphatic rings. The van der Waals surface area contributed by atoms with Gasteiger partial charge in [-0.1, -0.05) is 18.2 Å². The third-order valence-corrected chi connectivity index (χ3v) is 3.64. The molecule has 0 fully saturated rings. The lowest BCUT2D eigenvalue weighted by Gasteiger charge is -2.02. The molecule has 0 saturated carbocycles. The quantitative estimate of drug-likeness (QED) is 0.434. The number of non-ortho nitro benzene ring substituents is 1. The predicted molar refractivity (Wildman–Crippen MR) is 85.1 cm³/mol. The van der Waals surface area contributed by atoms with Gasteiger partial charge < -0.3 is 10.8 Å². The van der Waals surface area contributed by atoms with Crippen LogP contribution >= 0.6 is 0 Å². The Morgan fingerprint density at radius 3 is 2.29 bits per heavy atom. The molecule has 24 heavy (non-hydrogen) atoms. The van der Waals surface area contributed by atoms with E-state index in [0.717, 1.165) is 4.57 Å². The van der Waals surface area contributed by atoms with Crippen LogP contribution < -0.4 is 5.73 Å². The number of nitro benzene ring substituents is 1. The molecule has 0 atom stereocenters. The maximum atomic E-state index is 12.7. The van der Waals surface area contributed by atoms with Crippen LogP contribution in [0.5, 0.6) is 5.88 Å². The highest BCUT2D eigenvalue weighted by molar-refractivity contribution is 6.19. The number of fused-ring (bicyclic) bond motifs is 1. The van der Waals surface area contributed by atoms with Gasteiger partial charge in [0.1, 0.15) is 0 Å². The van der Waals surface area contributed by atoms with E-state index in [-0.39, 0.29) is 16.8 Å². The molecule has 0 aliphatic carbocycles. The van der Waals surface area contributed by atoms with Crippen LogP contribution in [-0.4, -0.2) is 26.4 Å². The number of aromatic hydroxyl groups is 1. The van der Waals surface area contributed by atoms with E-state index in [1.807, 2.05) is 0 Å². The summed E-state index contributed by atoms with van der Waals surface area (Å²) in [6, 6.07) is 10.5. The van der Waals surface area contributed by atoms with Crippen molar-refractivity contribution in [1.29, 1.82) is 0 Å². The Kier molecular flexibility index (Phi) is 3.49. The number of hydrogen-bond donors (Lipinski definition) is 2. The largest absolute Gasteiger partial charge is 0.494 e. The van der Waals surface area contributed by atoms with Crippen LogP contribution in [0.4, 0.5) is 10.5 Å². The monoisotopic (exact) mass is 325 g/mol. The van der Waals surface area contributed by atoms with Crippen molar-refractivity contribution in [2.75, 3.05) is 0 Å². The van der Waals surface area contributed by atoms with Crippen LogP contribution in [0.25, 0.3) is 10.9 Å². The molecule has 0 saturated heterocycles. The molecule has 1 amide bonds. The Morgan fingerprint density at radius 1 is 1.08 bits per heavy atom. The third-order valence-electron chi connectivity index (χ3n) is 3.64. The van der Waals surface area contributed by atoms with Gasteiger partial charge in [0.15, 0.2) is 5.78 Å². The second kappa shape index (κ2) is 5.51. The maximum absolute atomic E-state index is 12.7. The number of nitro groups is 1. The highest BCUT2D eigenvalue weighted by Crippen LogP contribution is 2.33. The van der Waals surface area contributed by atoms with E-state index in [2.05, 4.69) is 0 Å². The van der Waals surface area contributed by atoms with E-state index >= 15 is 0 Å². The fraction of sp³-hybridized carbons (Fsp3) is 0. The van der Waals surface area contributed by atoms with Crippen LogP contribution in [-0.2, 0) is 0 Å². The average molecular weight is 325 g/mol. The van der Waals surface area contributed by atoms with Crippen molar-refractivity contribution in [2.45, 2.75) is 0 Å². The Morgan fingerprint density at radius 2 is 1.71 bits per heavy atom. The SMILES string of the molecule is NC(=O)n1c(O)c(C(=O)c2ccc([N+](=O)[O-])cc2)c2ccccc21. The van der Waals surface area contributed by atoms with E-state index in [0.29, 0.717) is 10.9 Å². The number of rotatable bonds is 3. The van der Waals surface area contributed by atoms with Crippen molar-refractivity contribution in [3.8, 4) is 5.88 Å². The van der Waals surface area contributed by atoms with E-state index < -0.39 is 22.6 Å². The Balaban J connectivity index is 2.18. The van der Waals surface area contributed by atoms with Crippen molar-refractivity contribution in [3.05, 3.63) is 69.8 Å². The van der Waals surface area contributed by atoms with Crippen LogP contribution in [0, 0.1) is 10.1 Å². The first-order valence-corrected chi connectivity index (χ1v) is 6.83. The van der Waals surface area contributed by atoms with Gasteiger partial charge in [-0.15, -0.1) is 0 Å². The molecule has 1 heterocycles. The van der Waals surface area contributed by atoms with Crippen LogP contribution in [0.2, 0.25) is 0 Å². The Labute approximate surface area is 134 Å². The third kappa shape index (κ3) is 2.26. The number of nitrogens with zero attached hydrogens (tertiary/aromatic N) is 2. The molecule has 0 bridgehead atoms. The van der Waals surface area contributed by atoms with Gasteiger partial charge in [-0.25, -0.2) is 9.36 Å². The molecule has 2 aromatic carbocycles. The number of nitrogens with two attached hydrogens (primary N) is 1. The lowest BCUT2D eigenvalue weighted by molar-refractivity contribution is -0.384. The van der Waals surface area contributed by atoms with Gasteiger partial charge in [-0.3, -0.25) is 14.9 Å². The molecule has 0 spiro atoms. The van der Waals surface area contributed by atoms with Crippen molar-refractivity contribution < 1.29 is 19.6 Å². The molecule has 120 valence electrons. The lowest BCUT2D eigenvalue weighted by atomic mass is 10.0. The van der Waals surface area contributed by atoms with E-state index in [4.69, 9.17) is 5.73 Å². The number of carbonyl (C=O) groups is 2. The normalized spacial score (nSPS) is 10.7. The maximum Gasteiger partial charge on any atom is 0.326 e. The summed E-state index contributed by atoms with van der Waals surface area (Å²) >= 11 is 0. The molecule has 8 heteroatoms. The molecule has 3 aromatic rings. The van der Waals surface area contributed by atoms with Gasteiger partial charge in [0, 0.05) is 23.1 Å². The molecule has 0 radical (unpaired) electrons. The standard InChI is InChI=1S/C16H11N3O5/c17-16(22)18-12-4-2-1-3-11(12)13(15(18)21)14(20)9-5-7-10(8-6-9)19(23)24/h1-8,21H,(H2,17,22). The fourth-order valence-electron chi connectivity index (χ4n) is 2.55. The van der Waals surface area contributed by atoms with Gasteiger partial charge in [0.05, 0.1) is 16.0 Å². The summed E-state index contributed by atoms with van der Waals surface area (Å²) in [5.74, 6) is -1.13. The number of primary amides is 1. The number of para-hydroxylation sites is 1. The number of ketones is 1. The summed E-state index contributed by atoms with van der Waals surface area (Å²) in [5, 5.41) is 21.3. The fourth-order valence-corrected chi connectivity index (χ4v) is 2.55. The first kappa shape index (κ1) is 15.2. The minimum Gasteiger partial charge on any atom is -0.494 e. The van der Waals surface area contributed by atoms with Crippen molar-refractivity contribution in [3.63, 3.8) is 0 Å². The summed E-state index contributed by atoms with van der Waals surface area (Å²) in [7, 11) is 0. The molecular formula is C16H11N3O5. The predicted octanol–water partition coefficient (Wildman–Crippen LogP) is 2.41. The minimum absolute atomic E-state index is 0.0850. The zero-order chi connectivity index (χ0) is 17.4. The molecule has 8 nitrogen and oxygen atoms in total. The smallest absolute Gasteiger partial charge is 0.326 e. The summed E-state index contributed by atoms with van der Waals surface area (Å²) in [6.07, 6.45) is 0. The summed E-state index contributed by atoms with van der Waals surface area (Å²) in [6.45, 7) is 0. The van der Waals surface area contributed by atoms with Crippen LogP contribution in [0.3, 0.4) is 0 Å². The van der Waals surface area contributed by atoms with Crippen LogP contribution in [0.1, 0.15) is 15.9 Å². The summed E-state index contributed by atoms with van der Waals surface area (Å²) in [4.78, 5) is 34.4. The topological polar surface area (TPSA) is 128 Å². The Hall–Kier alpha value is -3.68. The zero-order valence-corrected chi connectivity index (χ0v) is 12.2. The van der Waals surface area contributed by atoms with E-state index in [1.54, 1.807) is 24.3 Å². The van der Waals surface area contributed by atoms with Gasteiger partial charge >= 0.3 is 6.03 Å². The molecule has 3 rings (SSSR count). The molecule has 0 aliphatic heterocycles. The van der Waals surface area contributed by atoms with Crippen LogP contribution in [0.15, 0.2) is 48.5 Å². The highest BCUT2D eigenvalue weighted by Gasteiger charge is 2.25. The molecule has 1 aromatic heterocycles. The summed E-state index contributed by atoms with van der Waals surface area (Å²) in [5.41, 5.74) is 5.46. The second-order valence-corrected chi connectivity index (χ2v) is 5.02. The van der Waals surface area contributed by atoms with Gasteiger partial charge in [0.2, 0.25) is 5.88 Å². The molecule has 3 N–H and O–H groups in total. The zero-order valence-electron chi connectivity index (χ0n) is 12.2. The van der Waals surface area contributed by atoms with Gasteiger partial charge in [-0.2, -0.15) is 0 Å². The average Bonchev–Trinajstić information content (AvgIpc) is 2.86. The minimum atomic E-state index is -0.925. The highest BCUT2D eigenvalue weighted by atomic mass is 16.6. The van der Waals surface area contributed by atoms with Gasteiger partial charge in [-0.05, 0) is 18.2 Å². The molecular weight excluding hydrogens is 314 g/mol. The van der Waals surface area contributed by atoms with Gasteiger partial charge in [0.25, 0.3) is 5.69 Å². The number of hydrogen-bond acceptors (Lipinski definition) is 5. The second-order valence-electron chi connectivity index (χ2n) is 5.02. The Bertz CT molecular complexity index is 989. The first-order valence-electron chi connectivity index (χ1n) is 6.83. The van der Waals surface area contributed by atoms with Crippen molar-refractivity contribution >= 4 is 28.4 Å². The molecule has 0 unspecified atom stereocenters. The first-order chi connectivity index (χ1) is 11.4. The van der Waals surface area contributed by atoms with E-state index in [1.165, 1.54) is 24.3 Å². The number of benzene rings is 2. The van der Waals surface area contributed by atoms with E-state index in [9.17, 15) is 24.8 Å². The number of amides is 1.